The first-order valence-electron chi connectivity index (χ1n) is 4.23. The van der Waals surface area contributed by atoms with E-state index in [9.17, 15) is 0 Å². The molecule has 0 aliphatic heterocycles. The summed E-state index contributed by atoms with van der Waals surface area (Å²) in [6.07, 6.45) is 2.49. The number of hydrogen-bond donors (Lipinski definition) is 2. The Labute approximate surface area is 85.0 Å². The average molecular weight is 243 g/mol. The summed E-state index contributed by atoms with van der Waals surface area (Å²) in [6.45, 7) is 2.02. The second-order valence-corrected chi connectivity index (χ2v) is 4.05. The van der Waals surface area contributed by atoms with Gasteiger partial charge in [-0.15, -0.1) is 10.2 Å². The molecule has 0 radical (unpaired) electrons. The molecule has 0 spiro atoms. The summed E-state index contributed by atoms with van der Waals surface area (Å²) in [7, 11) is 0. The molecule has 1 aliphatic carbocycles. The van der Waals surface area contributed by atoms with Crippen LogP contribution in [0.25, 0.3) is 0 Å². The van der Waals surface area contributed by atoms with Crippen molar-refractivity contribution in [1.29, 1.82) is 0 Å². The van der Waals surface area contributed by atoms with E-state index in [1.807, 2.05) is 6.92 Å². The quantitative estimate of drug-likeness (QED) is 0.613. The molecule has 0 unspecified atom stereocenters. The molecule has 5 heteroatoms. The van der Waals surface area contributed by atoms with Crippen LogP contribution in [0.5, 0.6) is 0 Å². The minimum absolute atomic E-state index is 0.650. The largest absolute Gasteiger partial charge is 0.307 e. The van der Waals surface area contributed by atoms with Gasteiger partial charge in [0, 0.05) is 5.56 Å². The number of hydrazine groups is 1. The Balaban J connectivity index is 2.50. The van der Waals surface area contributed by atoms with E-state index in [0.29, 0.717) is 11.7 Å². The number of nitrogen functional groups attached to an aromatic ring is 1. The maximum atomic E-state index is 5.32. The Morgan fingerprint density at radius 3 is 2.69 bits per heavy atom. The van der Waals surface area contributed by atoms with Gasteiger partial charge in [0.25, 0.3) is 0 Å². The van der Waals surface area contributed by atoms with Crippen LogP contribution < -0.4 is 11.3 Å². The zero-order chi connectivity index (χ0) is 9.42. The Kier molecular flexibility index (Phi) is 2.21. The van der Waals surface area contributed by atoms with Gasteiger partial charge in [0.2, 0.25) is 0 Å². The fourth-order valence-corrected chi connectivity index (χ4v) is 2.19. The third-order valence-electron chi connectivity index (χ3n) is 2.34. The van der Waals surface area contributed by atoms with E-state index in [2.05, 4.69) is 31.6 Å². The number of hydrogen-bond acceptors (Lipinski definition) is 4. The molecule has 4 nitrogen and oxygen atoms in total. The normalized spacial score (nSPS) is 15.9. The van der Waals surface area contributed by atoms with Crippen LogP contribution in [0.2, 0.25) is 0 Å². The van der Waals surface area contributed by atoms with Crippen LogP contribution in [0, 0.1) is 6.92 Å². The van der Waals surface area contributed by atoms with Crippen molar-refractivity contribution in [3.8, 4) is 0 Å². The van der Waals surface area contributed by atoms with Gasteiger partial charge in [-0.25, -0.2) is 5.84 Å². The molecule has 3 N–H and O–H groups in total. The lowest BCUT2D eigenvalue weighted by Crippen LogP contribution is -2.12. The van der Waals surface area contributed by atoms with Gasteiger partial charge in [0.15, 0.2) is 5.82 Å². The number of anilines is 1. The van der Waals surface area contributed by atoms with E-state index in [4.69, 9.17) is 5.84 Å². The van der Waals surface area contributed by atoms with E-state index in [0.717, 1.165) is 10.2 Å². The first-order valence-corrected chi connectivity index (χ1v) is 5.02. The molecule has 2 rings (SSSR count). The van der Waals surface area contributed by atoms with Crippen molar-refractivity contribution >= 4 is 21.7 Å². The molecule has 0 bridgehead atoms. The fraction of sp³-hybridized carbons (Fsp3) is 0.500. The summed E-state index contributed by atoms with van der Waals surface area (Å²) >= 11 is 3.41. The van der Waals surface area contributed by atoms with Crippen LogP contribution in [0.3, 0.4) is 0 Å². The van der Waals surface area contributed by atoms with Gasteiger partial charge >= 0.3 is 0 Å². The lowest BCUT2D eigenvalue weighted by Gasteiger charge is -2.09. The van der Waals surface area contributed by atoms with E-state index in [1.165, 1.54) is 18.4 Å². The Morgan fingerprint density at radius 1 is 1.46 bits per heavy atom. The number of rotatable bonds is 2. The molecule has 1 saturated carbocycles. The van der Waals surface area contributed by atoms with E-state index < -0.39 is 0 Å². The van der Waals surface area contributed by atoms with Crippen LogP contribution in [0.4, 0.5) is 5.82 Å². The van der Waals surface area contributed by atoms with Gasteiger partial charge < -0.3 is 5.43 Å². The van der Waals surface area contributed by atoms with Crippen molar-refractivity contribution in [2.45, 2.75) is 25.7 Å². The summed E-state index contributed by atoms with van der Waals surface area (Å²) in [5.74, 6) is 6.64. The molecular weight excluding hydrogens is 232 g/mol. The predicted molar refractivity (Wildman–Crippen MR) is 54.3 cm³/mol. The highest BCUT2D eigenvalue weighted by atomic mass is 79.9. The maximum Gasteiger partial charge on any atom is 0.165 e. The first kappa shape index (κ1) is 8.90. The monoisotopic (exact) mass is 242 g/mol. The zero-order valence-corrected chi connectivity index (χ0v) is 8.93. The summed E-state index contributed by atoms with van der Waals surface area (Å²) in [5, 5.41) is 7.93. The van der Waals surface area contributed by atoms with Gasteiger partial charge in [0.05, 0.1) is 0 Å². The van der Waals surface area contributed by atoms with Gasteiger partial charge in [-0.3, -0.25) is 0 Å². The number of aromatic nitrogens is 2. The second kappa shape index (κ2) is 3.23. The van der Waals surface area contributed by atoms with Crippen molar-refractivity contribution in [3.05, 3.63) is 15.7 Å². The zero-order valence-electron chi connectivity index (χ0n) is 7.34. The molecule has 70 valence electrons. The lowest BCUT2D eigenvalue weighted by molar-refractivity contribution is 0.927. The molecule has 1 aliphatic rings. The highest BCUT2D eigenvalue weighted by molar-refractivity contribution is 9.10. The third kappa shape index (κ3) is 1.53. The number of nitrogens with two attached hydrogens (primary N) is 1. The maximum absolute atomic E-state index is 5.32. The van der Waals surface area contributed by atoms with E-state index >= 15 is 0 Å². The molecule has 0 aromatic carbocycles. The van der Waals surface area contributed by atoms with Crippen molar-refractivity contribution in [3.63, 3.8) is 0 Å². The predicted octanol–water partition coefficient (Wildman–Crippen LogP) is 1.71. The summed E-state index contributed by atoms with van der Waals surface area (Å²) in [5.41, 5.74) is 4.91. The molecule has 1 heterocycles. The van der Waals surface area contributed by atoms with Crippen LogP contribution in [-0.2, 0) is 0 Å². The number of nitrogens with one attached hydrogen (secondary N) is 1. The standard InChI is InChI=1S/C8H11BrN4/c1-4-6(5-2-3-5)7(9)12-13-8(4)11-10/h5H,2-3,10H2,1H3,(H,11,13). The third-order valence-corrected chi connectivity index (χ3v) is 2.93. The lowest BCUT2D eigenvalue weighted by atomic mass is 10.1. The first-order chi connectivity index (χ1) is 6.24. The number of halogens is 1. The topological polar surface area (TPSA) is 63.8 Å². The Bertz CT molecular complexity index is 335. The van der Waals surface area contributed by atoms with Gasteiger partial charge in [-0.05, 0) is 47.2 Å². The average Bonchev–Trinajstić information content (AvgIpc) is 2.89. The SMILES string of the molecule is Cc1c(NN)nnc(Br)c1C1CC1. The summed E-state index contributed by atoms with van der Waals surface area (Å²) in [4.78, 5) is 0. The summed E-state index contributed by atoms with van der Waals surface area (Å²) in [6, 6.07) is 0. The van der Waals surface area contributed by atoms with Gasteiger partial charge in [-0.2, -0.15) is 0 Å². The van der Waals surface area contributed by atoms with E-state index in [-0.39, 0.29) is 0 Å². The molecule has 0 saturated heterocycles. The molecule has 13 heavy (non-hydrogen) atoms. The molecule has 0 amide bonds. The number of nitrogens with zero attached hydrogens (tertiary/aromatic N) is 2. The fourth-order valence-electron chi connectivity index (χ4n) is 1.49. The minimum atomic E-state index is 0.650. The second-order valence-electron chi connectivity index (χ2n) is 3.30. The van der Waals surface area contributed by atoms with Crippen molar-refractivity contribution in [2.24, 2.45) is 5.84 Å². The molecule has 1 fully saturated rings. The smallest absolute Gasteiger partial charge is 0.165 e. The highest BCUT2D eigenvalue weighted by Gasteiger charge is 2.29. The van der Waals surface area contributed by atoms with Crippen LogP contribution >= 0.6 is 15.9 Å². The molecule has 0 atom stereocenters. The van der Waals surface area contributed by atoms with Crippen LogP contribution in [-0.4, -0.2) is 10.2 Å². The summed E-state index contributed by atoms with van der Waals surface area (Å²) < 4.78 is 0.853. The molecule has 1 aromatic heterocycles. The van der Waals surface area contributed by atoms with Gasteiger partial charge in [0.1, 0.15) is 4.60 Å². The van der Waals surface area contributed by atoms with Crippen molar-refractivity contribution in [2.75, 3.05) is 5.43 Å². The van der Waals surface area contributed by atoms with E-state index in [1.54, 1.807) is 0 Å². The van der Waals surface area contributed by atoms with Gasteiger partial charge in [-0.1, -0.05) is 0 Å². The van der Waals surface area contributed by atoms with Crippen LogP contribution in [0.1, 0.15) is 29.9 Å². The van der Waals surface area contributed by atoms with Crippen LogP contribution in [0.15, 0.2) is 4.60 Å². The highest BCUT2D eigenvalue weighted by Crippen LogP contribution is 2.44. The van der Waals surface area contributed by atoms with Crippen molar-refractivity contribution in [1.82, 2.24) is 10.2 Å². The Morgan fingerprint density at radius 2 is 2.15 bits per heavy atom. The Hall–Kier alpha value is -0.680. The molecular formula is C8H11BrN4. The minimum Gasteiger partial charge on any atom is -0.307 e. The van der Waals surface area contributed by atoms with Crippen molar-refractivity contribution < 1.29 is 0 Å². The molecule has 1 aromatic rings.